The van der Waals surface area contributed by atoms with Crippen molar-refractivity contribution < 1.29 is 4.74 Å². The molecule has 0 amide bonds. The van der Waals surface area contributed by atoms with Crippen molar-refractivity contribution in [1.82, 2.24) is 9.42 Å². The fourth-order valence-corrected chi connectivity index (χ4v) is 6.87. The minimum absolute atomic E-state index is 0.0163. The molecule has 0 radical (unpaired) electrons. The number of aryl methyl sites for hydroxylation is 1. The fourth-order valence-electron chi connectivity index (χ4n) is 3.86. The van der Waals surface area contributed by atoms with Crippen molar-refractivity contribution in [3.05, 3.63) is 90.4 Å². The summed E-state index contributed by atoms with van der Waals surface area (Å²) in [5, 5.41) is 4.80. The zero-order valence-electron chi connectivity index (χ0n) is 21.3. The van der Waals surface area contributed by atoms with Gasteiger partial charge in [-0.2, -0.15) is 0 Å². The quantitative estimate of drug-likeness (QED) is 0.225. The highest BCUT2D eigenvalue weighted by atomic mass is 32.2. The van der Waals surface area contributed by atoms with E-state index in [2.05, 4.69) is 113 Å². The lowest BCUT2D eigenvalue weighted by Gasteiger charge is -2.31. The van der Waals surface area contributed by atoms with Gasteiger partial charge in [0.15, 0.2) is 5.75 Å². The molecule has 1 aromatic heterocycles. The lowest BCUT2D eigenvalue weighted by Crippen LogP contribution is -2.22. The molecule has 2 aromatic carbocycles. The molecule has 1 atom stereocenters. The first kappa shape index (κ1) is 24.7. The lowest BCUT2D eigenvalue weighted by molar-refractivity contribution is 0.451. The van der Waals surface area contributed by atoms with Crippen molar-refractivity contribution in [3.63, 3.8) is 0 Å². The zero-order chi connectivity index (χ0) is 24.7. The summed E-state index contributed by atoms with van der Waals surface area (Å²) >= 11 is 1.83. The minimum atomic E-state index is -0.933. The molecule has 3 aromatic rings. The molecular weight excluding hydrogens is 455 g/mol. The molecule has 1 unspecified atom stereocenters. The van der Waals surface area contributed by atoms with Gasteiger partial charge < -0.3 is 14.2 Å². The molecule has 5 heteroatoms. The Morgan fingerprint density at radius 1 is 0.912 bits per heavy atom. The number of benzene rings is 2. The van der Waals surface area contributed by atoms with Gasteiger partial charge in [-0.05, 0) is 70.9 Å². The Bertz CT molecular complexity index is 1230. The van der Waals surface area contributed by atoms with Crippen molar-refractivity contribution in [1.29, 1.82) is 0 Å². The van der Waals surface area contributed by atoms with Crippen LogP contribution in [0, 0.1) is 6.92 Å². The molecule has 1 aliphatic rings. The topological polar surface area (TPSA) is 26.2 Å². The summed E-state index contributed by atoms with van der Waals surface area (Å²) in [5.74, 6) is 1.93. The van der Waals surface area contributed by atoms with Gasteiger partial charge in [0.1, 0.15) is 14.0 Å². The third kappa shape index (κ3) is 4.99. The third-order valence-corrected chi connectivity index (χ3v) is 8.87. The van der Waals surface area contributed by atoms with E-state index in [9.17, 15) is 0 Å². The molecule has 0 aliphatic carbocycles. The van der Waals surface area contributed by atoms with Crippen LogP contribution >= 0.6 is 20.0 Å². The van der Waals surface area contributed by atoms with Crippen molar-refractivity contribution in [2.75, 3.05) is 0 Å². The smallest absolute Gasteiger partial charge is 0.152 e. The van der Waals surface area contributed by atoms with E-state index in [1.807, 2.05) is 24.0 Å². The second-order valence-electron chi connectivity index (χ2n) is 10.7. The van der Waals surface area contributed by atoms with Crippen molar-refractivity contribution in [3.8, 4) is 11.5 Å². The van der Waals surface area contributed by atoms with Crippen LogP contribution in [0.5, 0.6) is 11.5 Å². The summed E-state index contributed by atoms with van der Waals surface area (Å²) in [5.41, 5.74) is 3.92. The third-order valence-electron chi connectivity index (χ3n) is 5.91. The van der Waals surface area contributed by atoms with E-state index in [4.69, 9.17) is 4.74 Å². The van der Waals surface area contributed by atoms with Gasteiger partial charge in [0.05, 0.1) is 15.1 Å². The Balaban J connectivity index is 1.90. The normalized spacial score (nSPS) is 14.3. The highest BCUT2D eigenvalue weighted by Gasteiger charge is 2.31. The van der Waals surface area contributed by atoms with Crippen LogP contribution in [0.4, 0.5) is 0 Å². The van der Waals surface area contributed by atoms with Gasteiger partial charge in [-0.25, -0.2) is 0 Å². The summed E-state index contributed by atoms with van der Waals surface area (Å²) in [4.78, 5) is 2.37. The number of nitrogens with zero attached hydrogens (tertiary/aromatic N) is 1. The van der Waals surface area contributed by atoms with E-state index in [1.165, 1.54) is 31.8 Å². The first-order valence-corrected chi connectivity index (χ1v) is 13.8. The summed E-state index contributed by atoms with van der Waals surface area (Å²) < 4.78 is 9.00. The van der Waals surface area contributed by atoms with Crippen LogP contribution in [0.3, 0.4) is 0 Å². The predicted molar refractivity (Wildman–Crippen MR) is 148 cm³/mol. The number of hydrogen-bond donors (Lipinski definition) is 1. The fraction of sp³-hybridized carbons (Fsp3) is 0.310. The summed E-state index contributed by atoms with van der Waals surface area (Å²) in [6, 6.07) is 13.3. The summed E-state index contributed by atoms with van der Waals surface area (Å²) in [6.07, 6.45) is 9.92. The maximum Gasteiger partial charge on any atom is 0.152 e. The van der Waals surface area contributed by atoms with E-state index < -0.39 is 8.22 Å². The van der Waals surface area contributed by atoms with Gasteiger partial charge in [0.25, 0.3) is 0 Å². The summed E-state index contributed by atoms with van der Waals surface area (Å²) in [6.45, 7) is 19.6. The standard InChI is InChI=1S/C29H35N2OPS/c1-9-10-13-30-33(31-14-11-12-15-31)23-17-22(29(6,7)8)19-25-27(23)32-26-20(2)16-21(28(3,4)5)18-24(26)34-25/h9-19,30H,1H2,2-8H3/b13-10-. The Morgan fingerprint density at radius 3 is 2.09 bits per heavy atom. The van der Waals surface area contributed by atoms with Gasteiger partial charge in [-0.1, -0.05) is 72.0 Å². The molecule has 0 saturated carbocycles. The van der Waals surface area contributed by atoms with Crippen LogP contribution in [-0.2, 0) is 10.8 Å². The first-order chi connectivity index (χ1) is 16.0. The van der Waals surface area contributed by atoms with E-state index in [-0.39, 0.29) is 10.8 Å². The molecule has 3 nitrogen and oxygen atoms in total. The average molecular weight is 491 g/mol. The average Bonchev–Trinajstić information content (AvgIpc) is 3.28. The number of allylic oxidation sites excluding steroid dienone is 2. The largest absolute Gasteiger partial charge is 0.454 e. The SMILES string of the molecule is C=C/C=C\NP(c1cc(C(C)(C)C)cc2c1Oc1c(C)cc(C(C)(C)C)cc1S2)n1cccc1. The van der Waals surface area contributed by atoms with Crippen LogP contribution in [0.15, 0.2) is 83.5 Å². The molecule has 2 heterocycles. The number of hydrogen-bond acceptors (Lipinski definition) is 3. The van der Waals surface area contributed by atoms with E-state index in [0.717, 1.165) is 11.5 Å². The predicted octanol–water partition coefficient (Wildman–Crippen LogP) is 8.42. The molecule has 1 N–H and O–H groups in total. The van der Waals surface area contributed by atoms with Crippen molar-refractivity contribution in [2.45, 2.75) is 69.1 Å². The minimum Gasteiger partial charge on any atom is -0.454 e. The summed E-state index contributed by atoms with van der Waals surface area (Å²) in [7, 11) is -0.933. The van der Waals surface area contributed by atoms with Gasteiger partial charge in [-0.3, -0.25) is 0 Å². The van der Waals surface area contributed by atoms with Crippen LogP contribution < -0.4 is 15.1 Å². The Labute approximate surface area is 210 Å². The number of aromatic nitrogens is 1. The molecular formula is C29H35N2OPS. The monoisotopic (exact) mass is 490 g/mol. The van der Waals surface area contributed by atoms with Crippen molar-refractivity contribution >= 4 is 25.3 Å². The Morgan fingerprint density at radius 2 is 1.50 bits per heavy atom. The van der Waals surface area contributed by atoms with Crippen LogP contribution in [0.2, 0.25) is 0 Å². The molecule has 4 rings (SSSR count). The number of ether oxygens (including phenoxy) is 1. The van der Waals surface area contributed by atoms with Gasteiger partial charge in [0, 0.05) is 18.6 Å². The van der Waals surface area contributed by atoms with Gasteiger partial charge >= 0.3 is 0 Å². The van der Waals surface area contributed by atoms with Crippen LogP contribution in [0.25, 0.3) is 0 Å². The van der Waals surface area contributed by atoms with E-state index in [0.29, 0.717) is 0 Å². The highest BCUT2D eigenvalue weighted by molar-refractivity contribution is 7.99. The van der Waals surface area contributed by atoms with Crippen LogP contribution in [-0.4, -0.2) is 4.34 Å². The first-order valence-electron chi connectivity index (χ1n) is 11.7. The van der Waals surface area contributed by atoms with Gasteiger partial charge in [-0.15, -0.1) is 0 Å². The van der Waals surface area contributed by atoms with E-state index >= 15 is 0 Å². The molecule has 1 aliphatic heterocycles. The number of fused-ring (bicyclic) bond motifs is 2. The lowest BCUT2D eigenvalue weighted by atomic mass is 9.86. The Kier molecular flexibility index (Phi) is 6.77. The molecule has 0 bridgehead atoms. The molecule has 34 heavy (non-hydrogen) atoms. The second-order valence-corrected chi connectivity index (χ2v) is 13.7. The van der Waals surface area contributed by atoms with E-state index in [1.54, 1.807) is 6.08 Å². The maximum absolute atomic E-state index is 6.76. The molecule has 178 valence electrons. The molecule has 0 spiro atoms. The zero-order valence-corrected chi connectivity index (χ0v) is 23.0. The van der Waals surface area contributed by atoms with Crippen molar-refractivity contribution in [2.24, 2.45) is 0 Å². The highest BCUT2D eigenvalue weighted by Crippen LogP contribution is 2.52. The molecule has 0 fully saturated rings. The Hall–Kier alpha value is -2.42. The number of rotatable bonds is 5. The molecule has 0 saturated heterocycles. The van der Waals surface area contributed by atoms with Crippen LogP contribution in [0.1, 0.15) is 58.2 Å². The second kappa shape index (κ2) is 9.32. The maximum atomic E-state index is 6.76. The van der Waals surface area contributed by atoms with Gasteiger partial charge in [0.2, 0.25) is 0 Å². The number of nitrogens with one attached hydrogen (secondary N) is 1.